The van der Waals surface area contributed by atoms with Crippen LogP contribution in [0.25, 0.3) is 16.5 Å². The molecule has 4 N–H and O–H groups in total. The molecule has 13 nitrogen and oxygen atoms in total. The molecule has 0 aliphatic carbocycles. The smallest absolute Gasteiger partial charge is 0.324 e. The summed E-state index contributed by atoms with van der Waals surface area (Å²) in [6.45, 7) is 9.69. The number of aryl methyl sites for hydroxylation is 1. The largest absolute Gasteiger partial charge is 0.488 e. The van der Waals surface area contributed by atoms with Gasteiger partial charge in [0.1, 0.15) is 29.7 Å². The monoisotopic (exact) mass is 707 g/mol. The third-order valence-corrected chi connectivity index (χ3v) is 8.79. The van der Waals surface area contributed by atoms with E-state index in [0.29, 0.717) is 41.9 Å². The van der Waals surface area contributed by atoms with Crippen molar-refractivity contribution in [3.05, 3.63) is 101 Å². The SMILES string of the molecule is COCCNC(=O)C1=NC=CN(Nc2cc(COc3ccc(NC(=O)Nc4cc(C(C)(C)C)nn4-c4csc(C)c4)c4ccccc34)ccn2)C1. The standard InChI is InChI=1S/C37H41N9O4S/c1-24-18-26(23-51-24)46-34(20-32(43-46)37(2,3)4)42-36(48)41-29-10-11-31(28-9-7-6-8-27(28)29)50-22-25-12-13-39-33(19-25)44-45-16-14-38-30(21-45)35(47)40-15-17-49-5/h6-14,16,18-20,23H,15,17,21-22H2,1-5H3,(H,39,44)(H,40,47)(H2,41,42,48). The van der Waals surface area contributed by atoms with Crippen LogP contribution in [0.5, 0.6) is 5.75 Å². The zero-order chi connectivity index (χ0) is 36.0. The summed E-state index contributed by atoms with van der Waals surface area (Å²) < 4.78 is 13.1. The Balaban J connectivity index is 1.11. The van der Waals surface area contributed by atoms with Gasteiger partial charge < -0.3 is 20.1 Å². The Bertz CT molecular complexity index is 2100. The Kier molecular flexibility index (Phi) is 10.6. The molecule has 3 amide bonds. The Labute approximate surface area is 300 Å². The van der Waals surface area contributed by atoms with Crippen LogP contribution in [0.2, 0.25) is 0 Å². The third kappa shape index (κ3) is 8.71. The number of pyridine rings is 1. The second kappa shape index (κ2) is 15.4. The second-order valence-electron chi connectivity index (χ2n) is 12.9. The zero-order valence-corrected chi connectivity index (χ0v) is 30.0. The van der Waals surface area contributed by atoms with Gasteiger partial charge in [0.2, 0.25) is 0 Å². The number of hydrogen-bond donors (Lipinski definition) is 4. The molecule has 0 atom stereocenters. The fourth-order valence-electron chi connectivity index (χ4n) is 5.32. The molecule has 2 aromatic carbocycles. The molecule has 4 heterocycles. The molecule has 264 valence electrons. The number of aliphatic imine (C=N–C) groups is 1. The van der Waals surface area contributed by atoms with Gasteiger partial charge in [0.25, 0.3) is 5.91 Å². The highest BCUT2D eigenvalue weighted by Gasteiger charge is 2.22. The number of carbonyl (C=O) groups is 2. The van der Waals surface area contributed by atoms with Crippen LogP contribution in [0.1, 0.15) is 36.9 Å². The molecule has 0 fully saturated rings. The zero-order valence-electron chi connectivity index (χ0n) is 29.2. The van der Waals surface area contributed by atoms with E-state index in [4.69, 9.17) is 14.6 Å². The summed E-state index contributed by atoms with van der Waals surface area (Å²) in [7, 11) is 1.58. The van der Waals surface area contributed by atoms with Crippen molar-refractivity contribution < 1.29 is 19.1 Å². The molecule has 5 aromatic rings. The Morgan fingerprint density at radius 3 is 2.61 bits per heavy atom. The number of aromatic nitrogens is 3. The number of benzene rings is 2. The number of anilines is 3. The van der Waals surface area contributed by atoms with Crippen LogP contribution in [-0.2, 0) is 21.6 Å². The predicted molar refractivity (Wildman–Crippen MR) is 202 cm³/mol. The van der Waals surface area contributed by atoms with Gasteiger partial charge in [0, 0.05) is 64.8 Å². The van der Waals surface area contributed by atoms with Crippen LogP contribution >= 0.6 is 11.3 Å². The van der Waals surface area contributed by atoms with E-state index in [0.717, 1.165) is 32.6 Å². The van der Waals surface area contributed by atoms with Crippen molar-refractivity contribution in [2.45, 2.75) is 39.7 Å². The van der Waals surface area contributed by atoms with Crippen LogP contribution in [0.3, 0.4) is 0 Å². The quantitative estimate of drug-likeness (QED) is 0.106. The van der Waals surface area contributed by atoms with Crippen molar-refractivity contribution in [2.75, 3.05) is 42.9 Å². The molecular weight excluding hydrogens is 667 g/mol. The van der Waals surface area contributed by atoms with Gasteiger partial charge in [-0.05, 0) is 42.8 Å². The van der Waals surface area contributed by atoms with Gasteiger partial charge in [0.05, 0.1) is 30.2 Å². The molecule has 0 saturated carbocycles. The maximum Gasteiger partial charge on any atom is 0.324 e. The molecule has 3 aromatic heterocycles. The minimum Gasteiger partial charge on any atom is -0.488 e. The molecule has 1 aliphatic rings. The van der Waals surface area contributed by atoms with Gasteiger partial charge >= 0.3 is 6.03 Å². The first kappa shape index (κ1) is 35.1. The maximum absolute atomic E-state index is 13.4. The Hall–Kier alpha value is -5.73. The maximum atomic E-state index is 13.4. The van der Waals surface area contributed by atoms with E-state index in [1.807, 2.05) is 73.0 Å². The average Bonchev–Trinajstić information content (AvgIpc) is 3.74. The van der Waals surface area contributed by atoms with Crippen molar-refractivity contribution in [3.8, 4) is 11.4 Å². The minimum absolute atomic E-state index is 0.197. The van der Waals surface area contributed by atoms with Crippen LogP contribution in [0.4, 0.5) is 22.1 Å². The number of thiophene rings is 1. The molecule has 0 unspecified atom stereocenters. The van der Waals surface area contributed by atoms with Crippen molar-refractivity contribution >= 4 is 57.1 Å². The lowest BCUT2D eigenvalue weighted by molar-refractivity contribution is -0.115. The molecule has 0 saturated heterocycles. The van der Waals surface area contributed by atoms with Crippen LogP contribution < -0.4 is 26.1 Å². The number of ether oxygens (including phenoxy) is 2. The van der Waals surface area contributed by atoms with E-state index in [-0.39, 0.29) is 30.5 Å². The van der Waals surface area contributed by atoms with E-state index >= 15 is 0 Å². The number of amides is 3. The Morgan fingerprint density at radius 1 is 1.02 bits per heavy atom. The molecule has 0 radical (unpaired) electrons. The summed E-state index contributed by atoms with van der Waals surface area (Å²) in [6, 6.07) is 18.8. The van der Waals surface area contributed by atoms with E-state index in [2.05, 4.69) is 52.1 Å². The van der Waals surface area contributed by atoms with Crippen LogP contribution in [-0.4, -0.2) is 64.2 Å². The lowest BCUT2D eigenvalue weighted by Crippen LogP contribution is -2.42. The number of nitrogens with zero attached hydrogens (tertiary/aromatic N) is 5. The van der Waals surface area contributed by atoms with Crippen molar-refractivity contribution in [3.63, 3.8) is 0 Å². The Morgan fingerprint density at radius 2 is 1.84 bits per heavy atom. The van der Waals surface area contributed by atoms with Crippen molar-refractivity contribution in [2.24, 2.45) is 4.99 Å². The molecule has 1 aliphatic heterocycles. The highest BCUT2D eigenvalue weighted by molar-refractivity contribution is 7.10. The van der Waals surface area contributed by atoms with Crippen molar-refractivity contribution in [1.82, 2.24) is 25.1 Å². The number of hydrogen-bond acceptors (Lipinski definition) is 10. The van der Waals surface area contributed by atoms with Gasteiger partial charge in [-0.3, -0.25) is 25.5 Å². The number of carbonyl (C=O) groups excluding carboxylic acids is 2. The number of methoxy groups -OCH3 is 1. The van der Waals surface area contributed by atoms with Crippen LogP contribution in [0, 0.1) is 6.92 Å². The number of urea groups is 1. The van der Waals surface area contributed by atoms with E-state index in [1.54, 1.807) is 46.7 Å². The molecule has 0 spiro atoms. The molecule has 6 rings (SSSR count). The highest BCUT2D eigenvalue weighted by atomic mass is 32.1. The van der Waals surface area contributed by atoms with E-state index in [9.17, 15) is 9.59 Å². The first-order chi connectivity index (χ1) is 24.6. The summed E-state index contributed by atoms with van der Waals surface area (Å²) in [6.07, 6.45) is 4.99. The lowest BCUT2D eigenvalue weighted by Gasteiger charge is -2.24. The van der Waals surface area contributed by atoms with E-state index < -0.39 is 0 Å². The third-order valence-electron chi connectivity index (χ3n) is 7.94. The summed E-state index contributed by atoms with van der Waals surface area (Å²) in [4.78, 5) is 35.6. The minimum atomic E-state index is -0.382. The van der Waals surface area contributed by atoms with Gasteiger partial charge in [-0.2, -0.15) is 5.10 Å². The lowest BCUT2D eigenvalue weighted by atomic mass is 9.92. The summed E-state index contributed by atoms with van der Waals surface area (Å²) in [5.74, 6) is 1.59. The summed E-state index contributed by atoms with van der Waals surface area (Å²) >= 11 is 1.63. The molecule has 0 bridgehead atoms. The topological polar surface area (TPSA) is 147 Å². The van der Waals surface area contributed by atoms with Gasteiger partial charge in [-0.25, -0.2) is 14.5 Å². The van der Waals surface area contributed by atoms with E-state index in [1.165, 1.54) is 0 Å². The van der Waals surface area contributed by atoms with Gasteiger partial charge in [-0.15, -0.1) is 11.3 Å². The van der Waals surface area contributed by atoms with Crippen molar-refractivity contribution in [1.29, 1.82) is 0 Å². The number of fused-ring (bicyclic) bond motifs is 1. The number of hydrazine groups is 1. The van der Waals surface area contributed by atoms with Gasteiger partial charge in [0.15, 0.2) is 0 Å². The summed E-state index contributed by atoms with van der Waals surface area (Å²) in [5.41, 5.74) is 6.69. The fourth-order valence-corrected chi connectivity index (χ4v) is 5.98. The fraction of sp³-hybridized carbons (Fsp3) is 0.270. The molecule has 51 heavy (non-hydrogen) atoms. The predicted octanol–water partition coefficient (Wildman–Crippen LogP) is 6.63. The van der Waals surface area contributed by atoms with Crippen LogP contribution in [0.15, 0.2) is 89.6 Å². The normalized spacial score (nSPS) is 12.8. The summed E-state index contributed by atoms with van der Waals surface area (Å²) in [5, 5.41) is 19.1. The molecule has 14 heteroatoms. The first-order valence-corrected chi connectivity index (χ1v) is 17.3. The highest BCUT2D eigenvalue weighted by Crippen LogP contribution is 2.33. The molecular formula is C37H41N9O4S. The average molecular weight is 708 g/mol. The number of rotatable bonds is 12. The number of nitrogens with one attached hydrogen (secondary N) is 4. The van der Waals surface area contributed by atoms with Gasteiger partial charge in [-0.1, -0.05) is 45.0 Å². The first-order valence-electron chi connectivity index (χ1n) is 16.4. The second-order valence-corrected chi connectivity index (χ2v) is 14.0.